The molecule has 0 saturated heterocycles. The van der Waals surface area contributed by atoms with Crippen LogP contribution >= 0.6 is 11.8 Å². The third-order valence-corrected chi connectivity index (χ3v) is 5.83. The van der Waals surface area contributed by atoms with Crippen molar-refractivity contribution in [1.29, 1.82) is 0 Å². The van der Waals surface area contributed by atoms with Gasteiger partial charge in [0.1, 0.15) is 17.7 Å². The second-order valence-corrected chi connectivity index (χ2v) is 11.3. The Bertz CT molecular complexity index is 1150. The second kappa shape index (κ2) is 11.2. The molecular formula is C27H35N3O4S. The summed E-state index contributed by atoms with van der Waals surface area (Å²) < 4.78 is 13.1. The van der Waals surface area contributed by atoms with Gasteiger partial charge in [0.15, 0.2) is 5.16 Å². The van der Waals surface area contributed by atoms with E-state index in [4.69, 9.17) is 14.5 Å². The maximum Gasteiger partial charge on any atom is 0.414 e. The van der Waals surface area contributed by atoms with Crippen molar-refractivity contribution in [3.8, 4) is 0 Å². The summed E-state index contributed by atoms with van der Waals surface area (Å²) in [6.07, 6.45) is 0.347. The van der Waals surface area contributed by atoms with E-state index >= 15 is 0 Å². The number of aromatic nitrogens is 2. The van der Waals surface area contributed by atoms with Gasteiger partial charge in [-0.2, -0.15) is 0 Å². The van der Waals surface area contributed by atoms with Crippen LogP contribution < -0.4 is 4.90 Å². The van der Waals surface area contributed by atoms with E-state index in [0.717, 1.165) is 21.9 Å². The zero-order valence-electron chi connectivity index (χ0n) is 21.4. The topological polar surface area (TPSA) is 73.7 Å². The van der Waals surface area contributed by atoms with E-state index < -0.39 is 11.2 Å². The molecule has 0 aliphatic rings. The summed E-state index contributed by atoms with van der Waals surface area (Å²) in [5, 5.41) is 0.751. The van der Waals surface area contributed by atoms with Crippen molar-refractivity contribution in [3.63, 3.8) is 0 Å². The van der Waals surface area contributed by atoms with Gasteiger partial charge in [0.2, 0.25) is 0 Å². The first-order valence-electron chi connectivity index (χ1n) is 11.8. The lowest BCUT2D eigenvalue weighted by atomic mass is 10.2. The fraction of sp³-hybridized carbons (Fsp3) is 0.444. The van der Waals surface area contributed by atoms with E-state index in [0.29, 0.717) is 18.7 Å². The van der Waals surface area contributed by atoms with Crippen LogP contribution in [0.1, 0.15) is 48.0 Å². The number of fused-ring (bicyclic) bond motifs is 1. The third kappa shape index (κ3) is 8.02. The van der Waals surface area contributed by atoms with E-state index in [1.54, 1.807) is 16.7 Å². The van der Waals surface area contributed by atoms with Gasteiger partial charge in [0, 0.05) is 18.0 Å². The molecular weight excluding hydrogens is 462 g/mol. The summed E-state index contributed by atoms with van der Waals surface area (Å²) in [5.41, 5.74) is 1.39. The number of esters is 1. The Morgan fingerprint density at radius 1 is 0.914 bits per heavy atom. The minimum absolute atomic E-state index is 0.0914. The molecule has 0 unspecified atom stereocenters. The molecule has 1 aromatic heterocycles. The van der Waals surface area contributed by atoms with Gasteiger partial charge in [-0.25, -0.2) is 9.78 Å². The van der Waals surface area contributed by atoms with Crippen LogP contribution in [0.25, 0.3) is 11.0 Å². The summed E-state index contributed by atoms with van der Waals surface area (Å²) in [5.74, 6) is 0.409. The lowest BCUT2D eigenvalue weighted by molar-refractivity contribution is -0.155. The fourth-order valence-electron chi connectivity index (χ4n) is 3.46. The summed E-state index contributed by atoms with van der Waals surface area (Å²) in [7, 11) is 0. The highest BCUT2D eigenvalue weighted by atomic mass is 32.2. The van der Waals surface area contributed by atoms with Crippen LogP contribution in [0, 0.1) is 0 Å². The SMILES string of the molecule is CC(C)(C)OC(=O)Cn1c(SCCCN(C(=O)OC(C)(C)C)c2ccccc2)nc2ccccc21. The molecule has 0 bridgehead atoms. The van der Waals surface area contributed by atoms with Crippen molar-refractivity contribution in [3.05, 3.63) is 54.6 Å². The van der Waals surface area contributed by atoms with Crippen molar-refractivity contribution in [2.75, 3.05) is 17.2 Å². The standard InChI is InChI=1S/C27H35N3O4S/c1-26(2,3)33-23(31)19-30-22-16-11-10-15-21(22)28-24(30)35-18-12-17-29(20-13-8-7-9-14-20)25(32)34-27(4,5)6/h7-11,13-16H,12,17-19H2,1-6H3. The number of hydrogen-bond donors (Lipinski definition) is 0. The molecule has 0 N–H and O–H groups in total. The summed E-state index contributed by atoms with van der Waals surface area (Å²) >= 11 is 1.56. The second-order valence-electron chi connectivity index (χ2n) is 10.2. The Labute approximate surface area is 211 Å². The third-order valence-electron chi connectivity index (χ3n) is 4.77. The number of para-hydroxylation sites is 3. The predicted molar refractivity (Wildman–Crippen MR) is 141 cm³/mol. The van der Waals surface area contributed by atoms with Crippen LogP contribution in [0.4, 0.5) is 10.5 Å². The molecule has 0 spiro atoms. The number of nitrogens with zero attached hydrogens (tertiary/aromatic N) is 3. The quantitative estimate of drug-likeness (QED) is 0.206. The number of benzene rings is 2. The highest BCUT2D eigenvalue weighted by Gasteiger charge is 2.24. The van der Waals surface area contributed by atoms with E-state index in [1.165, 1.54) is 0 Å². The number of thioether (sulfide) groups is 1. The average molecular weight is 498 g/mol. The van der Waals surface area contributed by atoms with Crippen LogP contribution in [-0.2, 0) is 20.8 Å². The minimum atomic E-state index is -0.578. The van der Waals surface area contributed by atoms with E-state index in [-0.39, 0.29) is 18.6 Å². The lowest BCUT2D eigenvalue weighted by Gasteiger charge is -2.27. The molecule has 0 radical (unpaired) electrons. The van der Waals surface area contributed by atoms with E-state index in [1.807, 2.05) is 101 Å². The van der Waals surface area contributed by atoms with Gasteiger partial charge in [-0.3, -0.25) is 9.69 Å². The molecule has 0 fully saturated rings. The molecule has 8 heteroatoms. The number of hydrogen-bond acceptors (Lipinski definition) is 6. The normalized spacial score (nSPS) is 11.9. The highest BCUT2D eigenvalue weighted by Crippen LogP contribution is 2.26. The Morgan fingerprint density at radius 3 is 2.20 bits per heavy atom. The van der Waals surface area contributed by atoms with Crippen molar-refractivity contribution < 1.29 is 19.1 Å². The molecule has 0 aliphatic heterocycles. The summed E-state index contributed by atoms with van der Waals surface area (Å²) in [6.45, 7) is 11.7. The van der Waals surface area contributed by atoms with E-state index in [2.05, 4.69) is 0 Å². The maximum absolute atomic E-state index is 12.9. The molecule has 7 nitrogen and oxygen atoms in total. The van der Waals surface area contributed by atoms with Crippen molar-refractivity contribution in [1.82, 2.24) is 9.55 Å². The van der Waals surface area contributed by atoms with Gasteiger partial charge in [-0.1, -0.05) is 42.1 Å². The van der Waals surface area contributed by atoms with Crippen molar-refractivity contribution in [2.24, 2.45) is 0 Å². The first-order valence-corrected chi connectivity index (χ1v) is 12.8. The first kappa shape index (κ1) is 26.6. The molecule has 35 heavy (non-hydrogen) atoms. The van der Waals surface area contributed by atoms with Gasteiger partial charge in [-0.15, -0.1) is 0 Å². The molecule has 0 atom stereocenters. The zero-order chi connectivity index (χ0) is 25.6. The smallest absolute Gasteiger partial charge is 0.414 e. The monoisotopic (exact) mass is 497 g/mol. The molecule has 1 heterocycles. The molecule has 0 saturated carbocycles. The minimum Gasteiger partial charge on any atom is -0.459 e. The number of anilines is 1. The molecule has 3 aromatic rings. The maximum atomic E-state index is 12.9. The molecule has 1 amide bonds. The van der Waals surface area contributed by atoms with Crippen LogP contribution in [0.3, 0.4) is 0 Å². The Kier molecular flexibility index (Phi) is 8.48. The largest absolute Gasteiger partial charge is 0.459 e. The number of carbonyl (C=O) groups is 2. The van der Waals surface area contributed by atoms with Crippen LogP contribution in [0.2, 0.25) is 0 Å². The Morgan fingerprint density at radius 2 is 1.54 bits per heavy atom. The van der Waals surface area contributed by atoms with Crippen LogP contribution in [-0.4, -0.2) is 45.1 Å². The number of carbonyl (C=O) groups excluding carboxylic acids is 2. The van der Waals surface area contributed by atoms with Crippen molar-refractivity contribution in [2.45, 2.75) is 70.9 Å². The van der Waals surface area contributed by atoms with Gasteiger partial charge in [-0.05, 0) is 72.2 Å². The number of ether oxygens (including phenoxy) is 2. The highest BCUT2D eigenvalue weighted by molar-refractivity contribution is 7.99. The predicted octanol–water partition coefficient (Wildman–Crippen LogP) is 6.30. The summed E-state index contributed by atoms with van der Waals surface area (Å²) in [4.78, 5) is 31.8. The Hall–Kier alpha value is -3.00. The number of imidazole rings is 1. The Balaban J connectivity index is 1.70. The van der Waals surface area contributed by atoms with Crippen LogP contribution in [0.5, 0.6) is 0 Å². The number of rotatable bonds is 8. The van der Waals surface area contributed by atoms with Gasteiger partial charge >= 0.3 is 12.1 Å². The average Bonchev–Trinajstić information content (AvgIpc) is 3.09. The van der Waals surface area contributed by atoms with E-state index in [9.17, 15) is 9.59 Å². The number of amides is 1. The molecule has 188 valence electrons. The lowest BCUT2D eigenvalue weighted by Crippen LogP contribution is -2.37. The molecule has 2 aromatic carbocycles. The van der Waals surface area contributed by atoms with Gasteiger partial charge in [0.25, 0.3) is 0 Å². The molecule has 3 rings (SSSR count). The molecule has 0 aliphatic carbocycles. The van der Waals surface area contributed by atoms with Crippen molar-refractivity contribution >= 4 is 40.5 Å². The van der Waals surface area contributed by atoms with Gasteiger partial charge < -0.3 is 14.0 Å². The van der Waals surface area contributed by atoms with Crippen LogP contribution in [0.15, 0.2) is 59.8 Å². The zero-order valence-corrected chi connectivity index (χ0v) is 22.2. The summed E-state index contributed by atoms with van der Waals surface area (Å²) in [6, 6.07) is 17.3. The van der Waals surface area contributed by atoms with Gasteiger partial charge in [0.05, 0.1) is 11.0 Å². The fourth-order valence-corrected chi connectivity index (χ4v) is 4.39. The first-order chi connectivity index (χ1) is 16.4.